The van der Waals surface area contributed by atoms with E-state index in [9.17, 15) is 9.59 Å². The third-order valence-electron chi connectivity index (χ3n) is 3.09. The van der Waals surface area contributed by atoms with E-state index in [-0.39, 0.29) is 18.6 Å². The van der Waals surface area contributed by atoms with Crippen molar-refractivity contribution in [1.82, 2.24) is 5.32 Å². The van der Waals surface area contributed by atoms with Crippen LogP contribution < -0.4 is 14.8 Å². The number of nitrogens with one attached hydrogen (secondary N) is 1. The van der Waals surface area contributed by atoms with Crippen LogP contribution in [0.2, 0.25) is 0 Å². The minimum Gasteiger partial charge on any atom is -0.497 e. The number of benzene rings is 1. The van der Waals surface area contributed by atoms with E-state index < -0.39 is 12.0 Å². The molecule has 0 aliphatic carbocycles. The fraction of sp³-hybridized carbons (Fsp3) is 0.467. The number of methoxy groups -OCH3 is 2. The van der Waals surface area contributed by atoms with Crippen molar-refractivity contribution < 1.29 is 24.2 Å². The summed E-state index contributed by atoms with van der Waals surface area (Å²) >= 11 is 0. The molecule has 1 rings (SSSR count). The van der Waals surface area contributed by atoms with Gasteiger partial charge in [-0.1, -0.05) is 6.92 Å². The van der Waals surface area contributed by atoms with Crippen LogP contribution in [0.5, 0.6) is 11.5 Å². The van der Waals surface area contributed by atoms with Gasteiger partial charge >= 0.3 is 5.97 Å². The Hall–Kier alpha value is -2.08. The van der Waals surface area contributed by atoms with E-state index in [1.807, 2.05) is 6.92 Å². The minimum absolute atomic E-state index is 0.0737. The maximum atomic E-state index is 12.6. The lowest BCUT2D eigenvalue weighted by molar-refractivity contribution is -0.137. The summed E-state index contributed by atoms with van der Waals surface area (Å²) in [5.74, 6) is -0.135. The zero-order chi connectivity index (χ0) is 15.8. The molecule has 2 N–H and O–H groups in total. The number of ketones is 1. The number of Topliss-reactive ketones (excluding diaryl/α,β-unsaturated/α-hetero) is 1. The lowest BCUT2D eigenvalue weighted by Crippen LogP contribution is -2.37. The molecular weight excluding hydrogens is 274 g/mol. The highest BCUT2D eigenvalue weighted by molar-refractivity contribution is 6.03. The molecule has 0 aliphatic rings. The topological polar surface area (TPSA) is 84.9 Å². The Morgan fingerprint density at radius 1 is 1.29 bits per heavy atom. The van der Waals surface area contributed by atoms with Gasteiger partial charge in [0.25, 0.3) is 0 Å². The van der Waals surface area contributed by atoms with Gasteiger partial charge in [0.15, 0.2) is 5.78 Å². The van der Waals surface area contributed by atoms with E-state index in [0.717, 1.165) is 0 Å². The normalized spacial score (nSPS) is 11.8. The maximum Gasteiger partial charge on any atom is 0.303 e. The molecule has 0 amide bonds. The lowest BCUT2D eigenvalue weighted by Gasteiger charge is -2.18. The second-order valence-corrected chi connectivity index (χ2v) is 4.47. The van der Waals surface area contributed by atoms with Crippen molar-refractivity contribution in [2.45, 2.75) is 25.8 Å². The molecule has 116 valence electrons. The van der Waals surface area contributed by atoms with Gasteiger partial charge in [-0.3, -0.25) is 9.59 Å². The Kier molecular flexibility index (Phi) is 6.68. The van der Waals surface area contributed by atoms with Crippen LogP contribution in [0, 0.1) is 0 Å². The third kappa shape index (κ3) is 4.75. The molecule has 21 heavy (non-hydrogen) atoms. The number of rotatable bonds is 9. The largest absolute Gasteiger partial charge is 0.497 e. The quantitative estimate of drug-likeness (QED) is 0.675. The van der Waals surface area contributed by atoms with E-state index >= 15 is 0 Å². The molecule has 0 spiro atoms. The lowest BCUT2D eigenvalue weighted by atomic mass is 9.99. The first-order valence-electron chi connectivity index (χ1n) is 6.74. The van der Waals surface area contributed by atoms with Crippen molar-refractivity contribution in [3.05, 3.63) is 23.8 Å². The molecule has 1 aromatic carbocycles. The number of likely N-dealkylation sites (N-methyl/N-ethyl adjacent to an activating group) is 1. The molecule has 1 atom stereocenters. The molecule has 1 aromatic rings. The van der Waals surface area contributed by atoms with Crippen LogP contribution in [0.4, 0.5) is 0 Å². The van der Waals surface area contributed by atoms with Crippen molar-refractivity contribution in [2.75, 3.05) is 20.8 Å². The summed E-state index contributed by atoms with van der Waals surface area (Å²) < 4.78 is 10.3. The molecule has 0 saturated heterocycles. The van der Waals surface area contributed by atoms with Gasteiger partial charge < -0.3 is 19.9 Å². The van der Waals surface area contributed by atoms with E-state index in [2.05, 4.69) is 5.32 Å². The molecule has 1 unspecified atom stereocenters. The summed E-state index contributed by atoms with van der Waals surface area (Å²) in [6.45, 7) is 2.44. The summed E-state index contributed by atoms with van der Waals surface area (Å²) in [6.07, 6.45) is 0.151. The minimum atomic E-state index is -0.927. The molecule has 6 nitrogen and oxygen atoms in total. The van der Waals surface area contributed by atoms with Crippen LogP contribution in [0.3, 0.4) is 0 Å². The Morgan fingerprint density at radius 2 is 2.00 bits per heavy atom. The first-order valence-corrected chi connectivity index (χ1v) is 6.74. The van der Waals surface area contributed by atoms with Gasteiger partial charge in [-0.05, 0) is 31.2 Å². The number of carboxylic acid groups (broad SMARTS) is 1. The van der Waals surface area contributed by atoms with Crippen molar-refractivity contribution in [3.63, 3.8) is 0 Å². The van der Waals surface area contributed by atoms with Gasteiger partial charge in [0.05, 0.1) is 25.8 Å². The van der Waals surface area contributed by atoms with Gasteiger partial charge in [0.2, 0.25) is 0 Å². The van der Waals surface area contributed by atoms with Crippen LogP contribution in [0.1, 0.15) is 30.1 Å². The standard InChI is InChI=1S/C15H21NO5/c1-4-16-12(6-8-14(17)18)15(19)11-9-10(20-2)5-7-13(11)21-3/h5,7,9,12,16H,4,6,8H2,1-3H3,(H,17,18). The SMILES string of the molecule is CCNC(CCC(=O)O)C(=O)c1cc(OC)ccc1OC. The van der Waals surface area contributed by atoms with Gasteiger partial charge in [0.1, 0.15) is 11.5 Å². The summed E-state index contributed by atoms with van der Waals surface area (Å²) in [7, 11) is 3.00. The molecule has 0 fully saturated rings. The van der Waals surface area contributed by atoms with E-state index in [1.165, 1.54) is 14.2 Å². The second kappa shape index (κ2) is 8.26. The monoisotopic (exact) mass is 295 g/mol. The summed E-state index contributed by atoms with van der Waals surface area (Å²) in [5.41, 5.74) is 0.383. The molecule has 0 aromatic heterocycles. The molecule has 0 heterocycles. The summed E-state index contributed by atoms with van der Waals surface area (Å²) in [6, 6.07) is 4.40. The highest BCUT2D eigenvalue weighted by Crippen LogP contribution is 2.25. The second-order valence-electron chi connectivity index (χ2n) is 4.47. The van der Waals surface area contributed by atoms with Crippen LogP contribution in [-0.2, 0) is 4.79 Å². The Labute approximate surface area is 124 Å². The predicted octanol–water partition coefficient (Wildman–Crippen LogP) is 1.73. The number of hydrogen-bond donors (Lipinski definition) is 2. The average Bonchev–Trinajstić information content (AvgIpc) is 2.49. The third-order valence-corrected chi connectivity index (χ3v) is 3.09. The Balaban J connectivity index is 3.03. The molecule has 0 radical (unpaired) electrons. The Bertz CT molecular complexity index is 501. The number of ether oxygens (including phenoxy) is 2. The number of hydrogen-bond acceptors (Lipinski definition) is 5. The van der Waals surface area contributed by atoms with Crippen LogP contribution in [0.25, 0.3) is 0 Å². The van der Waals surface area contributed by atoms with Gasteiger partial charge in [-0.2, -0.15) is 0 Å². The predicted molar refractivity (Wildman–Crippen MR) is 78.2 cm³/mol. The first-order chi connectivity index (χ1) is 10.0. The zero-order valence-electron chi connectivity index (χ0n) is 12.5. The smallest absolute Gasteiger partial charge is 0.303 e. The summed E-state index contributed by atoms with van der Waals surface area (Å²) in [4.78, 5) is 23.3. The van der Waals surface area contributed by atoms with E-state index in [1.54, 1.807) is 18.2 Å². The zero-order valence-corrected chi connectivity index (χ0v) is 12.5. The van der Waals surface area contributed by atoms with Gasteiger partial charge in [-0.15, -0.1) is 0 Å². The van der Waals surface area contributed by atoms with Gasteiger partial charge in [0, 0.05) is 6.42 Å². The average molecular weight is 295 g/mol. The van der Waals surface area contributed by atoms with Gasteiger partial charge in [-0.25, -0.2) is 0 Å². The van der Waals surface area contributed by atoms with Crippen molar-refractivity contribution in [2.24, 2.45) is 0 Å². The van der Waals surface area contributed by atoms with Crippen LogP contribution >= 0.6 is 0 Å². The Morgan fingerprint density at radius 3 is 2.52 bits per heavy atom. The molecule has 0 saturated carbocycles. The fourth-order valence-corrected chi connectivity index (χ4v) is 2.03. The maximum absolute atomic E-state index is 12.6. The van der Waals surface area contributed by atoms with Crippen LogP contribution in [-0.4, -0.2) is 43.7 Å². The molecule has 0 aliphatic heterocycles. The number of carbonyl (C=O) groups excluding carboxylic acids is 1. The summed E-state index contributed by atoms with van der Waals surface area (Å²) in [5, 5.41) is 11.8. The number of carboxylic acids is 1. The van der Waals surface area contributed by atoms with Crippen molar-refractivity contribution in [1.29, 1.82) is 0 Å². The van der Waals surface area contributed by atoms with Crippen molar-refractivity contribution in [3.8, 4) is 11.5 Å². The fourth-order valence-electron chi connectivity index (χ4n) is 2.03. The van der Waals surface area contributed by atoms with E-state index in [4.69, 9.17) is 14.6 Å². The molecule has 0 bridgehead atoms. The first kappa shape index (κ1) is 17.0. The highest BCUT2D eigenvalue weighted by Gasteiger charge is 2.23. The number of carbonyl (C=O) groups is 2. The number of aliphatic carboxylic acids is 1. The van der Waals surface area contributed by atoms with E-state index in [0.29, 0.717) is 23.6 Å². The highest BCUT2D eigenvalue weighted by atomic mass is 16.5. The molecular formula is C15H21NO5. The van der Waals surface area contributed by atoms with Crippen LogP contribution in [0.15, 0.2) is 18.2 Å². The molecule has 6 heteroatoms. The van der Waals surface area contributed by atoms with Crippen molar-refractivity contribution >= 4 is 11.8 Å².